The zero-order valence-electron chi connectivity index (χ0n) is 9.79. The Kier molecular flexibility index (Phi) is 4.83. The van der Waals surface area contributed by atoms with Crippen molar-refractivity contribution in [3.63, 3.8) is 0 Å². The van der Waals surface area contributed by atoms with Gasteiger partial charge in [0.1, 0.15) is 5.82 Å². The van der Waals surface area contributed by atoms with Gasteiger partial charge in [0.25, 0.3) is 0 Å². The van der Waals surface area contributed by atoms with Crippen molar-refractivity contribution in [2.24, 2.45) is 0 Å². The molecule has 2 N–H and O–H groups in total. The van der Waals surface area contributed by atoms with Gasteiger partial charge in [0.15, 0.2) is 0 Å². The molecule has 2 nitrogen and oxygen atoms in total. The van der Waals surface area contributed by atoms with E-state index in [2.05, 4.69) is 5.32 Å². The van der Waals surface area contributed by atoms with Crippen molar-refractivity contribution in [2.75, 3.05) is 11.5 Å². The second kappa shape index (κ2) is 6.38. The largest absolute Gasteiger partial charge is 0.392 e. The lowest BCUT2D eigenvalue weighted by Gasteiger charge is -2.22. The van der Waals surface area contributed by atoms with Crippen LogP contribution in [0.5, 0.6) is 0 Å². The summed E-state index contributed by atoms with van der Waals surface area (Å²) in [6.07, 6.45) is 2.49. The molecule has 17 heavy (non-hydrogen) atoms. The van der Waals surface area contributed by atoms with Crippen molar-refractivity contribution >= 4 is 11.8 Å². The van der Waals surface area contributed by atoms with Gasteiger partial charge in [-0.05, 0) is 36.3 Å². The summed E-state index contributed by atoms with van der Waals surface area (Å²) in [6, 6.07) is 5.50. The molecule has 0 amide bonds. The summed E-state index contributed by atoms with van der Waals surface area (Å²) in [6.45, 7) is 0.511. The van der Waals surface area contributed by atoms with Gasteiger partial charge in [-0.25, -0.2) is 4.39 Å². The molecule has 1 fully saturated rings. The van der Waals surface area contributed by atoms with Crippen LogP contribution in [0.2, 0.25) is 0 Å². The zero-order valence-corrected chi connectivity index (χ0v) is 10.6. The number of hydrogen-bond acceptors (Lipinski definition) is 3. The number of rotatable bonds is 4. The molecule has 1 aliphatic heterocycles. The Morgan fingerprint density at radius 2 is 2.35 bits per heavy atom. The van der Waals surface area contributed by atoms with Crippen LogP contribution in [0.3, 0.4) is 0 Å². The van der Waals surface area contributed by atoms with Crippen LogP contribution >= 0.6 is 11.8 Å². The smallest absolute Gasteiger partial charge is 0.128 e. The molecule has 2 rings (SSSR count). The molecule has 94 valence electrons. The topological polar surface area (TPSA) is 32.3 Å². The second-order valence-electron chi connectivity index (χ2n) is 4.38. The lowest BCUT2D eigenvalue weighted by molar-refractivity contribution is 0.275. The number of benzene rings is 1. The summed E-state index contributed by atoms with van der Waals surface area (Å²) in [4.78, 5) is 0. The zero-order chi connectivity index (χ0) is 12.1. The van der Waals surface area contributed by atoms with Crippen LogP contribution in [0.25, 0.3) is 0 Å². The van der Waals surface area contributed by atoms with Crippen molar-refractivity contribution in [2.45, 2.75) is 32.0 Å². The second-order valence-corrected chi connectivity index (χ2v) is 5.53. The van der Waals surface area contributed by atoms with E-state index in [-0.39, 0.29) is 12.4 Å². The molecular formula is C13H18FNOS. The Labute approximate surface area is 106 Å². The Bertz CT molecular complexity index is 366. The first-order valence-corrected chi connectivity index (χ1v) is 7.14. The summed E-state index contributed by atoms with van der Waals surface area (Å²) in [5.74, 6) is 2.10. The molecule has 0 spiro atoms. The molecule has 1 atom stereocenters. The van der Waals surface area contributed by atoms with Crippen molar-refractivity contribution in [3.05, 3.63) is 35.1 Å². The summed E-state index contributed by atoms with van der Waals surface area (Å²) >= 11 is 1.99. The SMILES string of the molecule is OCc1cc(CN[C@@H]2CCCSC2)ccc1F. The van der Waals surface area contributed by atoms with E-state index in [1.807, 2.05) is 11.8 Å². The van der Waals surface area contributed by atoms with Gasteiger partial charge >= 0.3 is 0 Å². The van der Waals surface area contributed by atoms with E-state index >= 15 is 0 Å². The summed E-state index contributed by atoms with van der Waals surface area (Å²) in [5, 5.41) is 12.5. The fourth-order valence-electron chi connectivity index (χ4n) is 2.02. The lowest BCUT2D eigenvalue weighted by atomic mass is 10.1. The molecule has 4 heteroatoms. The highest BCUT2D eigenvalue weighted by atomic mass is 32.2. The normalized spacial score (nSPS) is 20.5. The third kappa shape index (κ3) is 3.69. The lowest BCUT2D eigenvalue weighted by Crippen LogP contribution is -2.33. The number of hydrogen-bond donors (Lipinski definition) is 2. The van der Waals surface area contributed by atoms with Gasteiger partial charge in [-0.1, -0.05) is 6.07 Å². The molecule has 1 aromatic carbocycles. The highest BCUT2D eigenvalue weighted by Gasteiger charge is 2.12. The number of thioether (sulfide) groups is 1. The van der Waals surface area contributed by atoms with Crippen LogP contribution in [0.15, 0.2) is 18.2 Å². The van der Waals surface area contributed by atoms with E-state index in [4.69, 9.17) is 5.11 Å². The average molecular weight is 255 g/mol. The van der Waals surface area contributed by atoms with Gasteiger partial charge in [0.2, 0.25) is 0 Å². The third-order valence-electron chi connectivity index (χ3n) is 3.04. The summed E-state index contributed by atoms with van der Waals surface area (Å²) in [5.41, 5.74) is 1.41. The molecule has 1 aliphatic rings. The summed E-state index contributed by atoms with van der Waals surface area (Å²) in [7, 11) is 0. The van der Waals surface area contributed by atoms with Crippen molar-refractivity contribution in [3.8, 4) is 0 Å². The Balaban J connectivity index is 1.89. The maximum Gasteiger partial charge on any atom is 0.128 e. The van der Waals surface area contributed by atoms with Gasteiger partial charge < -0.3 is 10.4 Å². The maximum atomic E-state index is 13.2. The van der Waals surface area contributed by atoms with E-state index in [1.165, 1.54) is 24.7 Å². The molecule has 0 aliphatic carbocycles. The molecule has 0 radical (unpaired) electrons. The molecule has 0 bridgehead atoms. The van der Waals surface area contributed by atoms with Gasteiger partial charge in [0, 0.05) is 23.9 Å². The first kappa shape index (κ1) is 12.9. The predicted octanol–water partition coefficient (Wildman–Crippen LogP) is 2.30. The van der Waals surface area contributed by atoms with Gasteiger partial charge in [-0.2, -0.15) is 11.8 Å². The Hall–Kier alpha value is -0.580. The van der Waals surface area contributed by atoms with Crippen molar-refractivity contribution in [1.29, 1.82) is 0 Å². The molecule has 0 aromatic heterocycles. The van der Waals surface area contributed by atoms with E-state index in [1.54, 1.807) is 12.1 Å². The van der Waals surface area contributed by atoms with E-state index in [9.17, 15) is 4.39 Å². The maximum absolute atomic E-state index is 13.2. The minimum Gasteiger partial charge on any atom is -0.392 e. The molecular weight excluding hydrogens is 237 g/mol. The first-order chi connectivity index (χ1) is 8.29. The Morgan fingerprint density at radius 3 is 3.06 bits per heavy atom. The van der Waals surface area contributed by atoms with E-state index in [0.29, 0.717) is 11.6 Å². The van der Waals surface area contributed by atoms with Gasteiger partial charge in [-0.3, -0.25) is 0 Å². The highest BCUT2D eigenvalue weighted by molar-refractivity contribution is 7.99. The fraction of sp³-hybridized carbons (Fsp3) is 0.538. The number of halogens is 1. The Morgan fingerprint density at radius 1 is 1.47 bits per heavy atom. The predicted molar refractivity (Wildman–Crippen MR) is 69.5 cm³/mol. The number of aliphatic hydroxyl groups excluding tert-OH is 1. The van der Waals surface area contributed by atoms with Crippen LogP contribution in [0.1, 0.15) is 24.0 Å². The molecule has 0 saturated carbocycles. The van der Waals surface area contributed by atoms with Crippen LogP contribution in [-0.4, -0.2) is 22.7 Å². The van der Waals surface area contributed by atoms with Crippen LogP contribution in [-0.2, 0) is 13.2 Å². The van der Waals surface area contributed by atoms with Gasteiger partial charge in [0.05, 0.1) is 6.61 Å². The quantitative estimate of drug-likeness (QED) is 0.866. The van der Waals surface area contributed by atoms with Crippen LogP contribution in [0, 0.1) is 5.82 Å². The number of aliphatic hydroxyl groups is 1. The standard InChI is InChI=1S/C13H18FNOS/c14-13-4-3-10(6-11(13)8-16)7-15-12-2-1-5-17-9-12/h3-4,6,12,15-16H,1-2,5,7-9H2/t12-/m1/s1. The number of nitrogens with one attached hydrogen (secondary N) is 1. The first-order valence-electron chi connectivity index (χ1n) is 5.99. The monoisotopic (exact) mass is 255 g/mol. The van der Waals surface area contributed by atoms with Gasteiger partial charge in [-0.15, -0.1) is 0 Å². The van der Waals surface area contributed by atoms with Crippen molar-refractivity contribution < 1.29 is 9.50 Å². The molecule has 1 saturated heterocycles. The van der Waals surface area contributed by atoms with E-state index < -0.39 is 0 Å². The minimum absolute atomic E-state index is 0.237. The van der Waals surface area contributed by atoms with Crippen LogP contribution < -0.4 is 5.32 Å². The average Bonchev–Trinajstić information content (AvgIpc) is 2.39. The third-order valence-corrected chi connectivity index (χ3v) is 4.25. The van der Waals surface area contributed by atoms with Crippen LogP contribution in [0.4, 0.5) is 4.39 Å². The molecule has 1 heterocycles. The minimum atomic E-state index is -0.329. The van der Waals surface area contributed by atoms with E-state index in [0.717, 1.165) is 17.9 Å². The fourth-order valence-corrected chi connectivity index (χ4v) is 3.13. The summed E-state index contributed by atoms with van der Waals surface area (Å²) < 4.78 is 13.2. The molecule has 1 aromatic rings. The molecule has 0 unspecified atom stereocenters. The highest BCUT2D eigenvalue weighted by Crippen LogP contribution is 2.17. The van der Waals surface area contributed by atoms with Crippen molar-refractivity contribution in [1.82, 2.24) is 5.32 Å².